The molecule has 1 aromatic carbocycles. The van der Waals surface area contributed by atoms with Gasteiger partial charge in [-0.15, -0.1) is 0 Å². The van der Waals surface area contributed by atoms with E-state index in [0.29, 0.717) is 12.0 Å². The summed E-state index contributed by atoms with van der Waals surface area (Å²) in [5.74, 6) is -1.31. The van der Waals surface area contributed by atoms with Crippen LogP contribution < -0.4 is 5.32 Å². The minimum Gasteiger partial charge on any atom is -0.388 e. The Hall–Kier alpha value is -1.77. The molecule has 0 aliphatic carbocycles. The summed E-state index contributed by atoms with van der Waals surface area (Å²) in [5, 5.41) is 11.8. The molecule has 0 bridgehead atoms. The van der Waals surface area contributed by atoms with E-state index in [-0.39, 0.29) is 4.90 Å². The summed E-state index contributed by atoms with van der Waals surface area (Å²) in [6, 6.07) is 5.88. The van der Waals surface area contributed by atoms with E-state index in [2.05, 4.69) is 0 Å². The largest absolute Gasteiger partial charge is 0.388 e. The number of aliphatic hydroxyl groups is 1. The molecule has 0 aromatic heterocycles. The number of carbonyl (C=O) groups excluding carboxylic acids is 2. The molecule has 1 saturated heterocycles. The van der Waals surface area contributed by atoms with Crippen LogP contribution >= 0.6 is 0 Å². The lowest BCUT2D eigenvalue weighted by Crippen LogP contribution is -2.53. The van der Waals surface area contributed by atoms with Crippen molar-refractivity contribution >= 4 is 21.8 Å². The van der Waals surface area contributed by atoms with Gasteiger partial charge < -0.3 is 5.11 Å². The Bertz CT molecular complexity index is 655. The fourth-order valence-corrected chi connectivity index (χ4v) is 3.46. The molecule has 114 valence electrons. The molecule has 2 rings (SSSR count). The molecule has 7 nitrogen and oxygen atoms in total. The highest BCUT2D eigenvalue weighted by atomic mass is 32.2. The first kappa shape index (κ1) is 15.6. The van der Waals surface area contributed by atoms with Crippen molar-refractivity contribution in [2.45, 2.75) is 24.3 Å². The van der Waals surface area contributed by atoms with Crippen molar-refractivity contribution < 1.29 is 23.1 Å². The first-order valence-electron chi connectivity index (χ1n) is 6.45. The molecule has 1 atom stereocenters. The van der Waals surface area contributed by atoms with E-state index in [0.717, 1.165) is 4.31 Å². The topological polar surface area (TPSA) is 104 Å². The van der Waals surface area contributed by atoms with Crippen molar-refractivity contribution in [2.75, 3.05) is 13.1 Å². The summed E-state index contributed by atoms with van der Waals surface area (Å²) >= 11 is 0. The number of imide groups is 1. The van der Waals surface area contributed by atoms with Crippen LogP contribution in [0.2, 0.25) is 0 Å². The van der Waals surface area contributed by atoms with Gasteiger partial charge in [-0.05, 0) is 24.1 Å². The second-order valence-electron chi connectivity index (χ2n) is 4.74. The average molecular weight is 312 g/mol. The van der Waals surface area contributed by atoms with Crippen molar-refractivity contribution in [1.82, 2.24) is 9.62 Å². The Labute approximate surface area is 122 Å². The first-order chi connectivity index (χ1) is 9.84. The van der Waals surface area contributed by atoms with Gasteiger partial charge in [0.05, 0.1) is 24.1 Å². The molecule has 1 aliphatic heterocycles. The zero-order chi connectivity index (χ0) is 15.6. The third kappa shape index (κ3) is 3.29. The van der Waals surface area contributed by atoms with Crippen molar-refractivity contribution in [3.8, 4) is 0 Å². The van der Waals surface area contributed by atoms with Gasteiger partial charge in [0.2, 0.25) is 21.8 Å². The van der Waals surface area contributed by atoms with Crippen LogP contribution in [0, 0.1) is 0 Å². The molecule has 1 aromatic rings. The minimum absolute atomic E-state index is 0.0463. The second-order valence-corrected chi connectivity index (χ2v) is 6.68. The van der Waals surface area contributed by atoms with Gasteiger partial charge in [-0.3, -0.25) is 14.9 Å². The molecule has 0 spiro atoms. The number of aliphatic hydroxyl groups excluding tert-OH is 1. The molecule has 0 radical (unpaired) electrons. The van der Waals surface area contributed by atoms with E-state index in [4.69, 9.17) is 0 Å². The van der Waals surface area contributed by atoms with Crippen LogP contribution in [-0.2, 0) is 19.6 Å². The monoisotopic (exact) mass is 312 g/mol. The molecular weight excluding hydrogens is 296 g/mol. The van der Waals surface area contributed by atoms with Gasteiger partial charge in [0.1, 0.15) is 0 Å². The summed E-state index contributed by atoms with van der Waals surface area (Å²) in [6.07, 6.45) is -0.305. The molecular formula is C13H16N2O5S. The predicted molar refractivity (Wildman–Crippen MR) is 73.6 cm³/mol. The van der Waals surface area contributed by atoms with E-state index in [1.807, 2.05) is 5.32 Å². The van der Waals surface area contributed by atoms with Crippen LogP contribution in [0.1, 0.15) is 25.0 Å². The van der Waals surface area contributed by atoms with Gasteiger partial charge >= 0.3 is 0 Å². The molecule has 8 heteroatoms. The number of sulfonamides is 1. The Morgan fingerprint density at radius 2 is 1.90 bits per heavy atom. The quantitative estimate of drug-likeness (QED) is 0.748. The van der Waals surface area contributed by atoms with Crippen LogP contribution in [0.15, 0.2) is 29.2 Å². The normalized spacial score (nSPS) is 18.4. The van der Waals surface area contributed by atoms with Crippen LogP contribution in [-0.4, -0.2) is 42.7 Å². The minimum atomic E-state index is -3.95. The zero-order valence-corrected chi connectivity index (χ0v) is 12.3. The Morgan fingerprint density at radius 1 is 1.29 bits per heavy atom. The van der Waals surface area contributed by atoms with E-state index in [1.54, 1.807) is 13.0 Å². The number of amides is 2. The van der Waals surface area contributed by atoms with Crippen LogP contribution in [0.3, 0.4) is 0 Å². The lowest BCUT2D eigenvalue weighted by molar-refractivity contribution is -0.134. The number of nitrogens with one attached hydrogen (secondary N) is 1. The molecule has 21 heavy (non-hydrogen) atoms. The summed E-state index contributed by atoms with van der Waals surface area (Å²) in [6.45, 7) is 0.989. The van der Waals surface area contributed by atoms with E-state index < -0.39 is 41.0 Å². The van der Waals surface area contributed by atoms with Gasteiger partial charge in [-0.25, -0.2) is 8.42 Å². The van der Waals surface area contributed by atoms with Crippen molar-refractivity contribution in [2.24, 2.45) is 0 Å². The fraction of sp³-hybridized carbons (Fsp3) is 0.385. The highest BCUT2D eigenvalue weighted by Crippen LogP contribution is 2.22. The van der Waals surface area contributed by atoms with Gasteiger partial charge in [0, 0.05) is 0 Å². The third-order valence-corrected chi connectivity index (χ3v) is 4.97. The van der Waals surface area contributed by atoms with Crippen LogP contribution in [0.5, 0.6) is 0 Å². The smallest absolute Gasteiger partial charge is 0.244 e. The summed E-state index contributed by atoms with van der Waals surface area (Å²) in [4.78, 5) is 22.6. The molecule has 2 amide bonds. The SMILES string of the molecule is CCC(O)c1cccc(S(=O)(=O)N2CC(=O)NC(=O)C2)c1. The third-order valence-electron chi connectivity index (χ3n) is 3.19. The number of carbonyl (C=O) groups is 2. The van der Waals surface area contributed by atoms with Crippen molar-refractivity contribution in [3.63, 3.8) is 0 Å². The Morgan fingerprint density at radius 3 is 2.48 bits per heavy atom. The average Bonchev–Trinajstić information content (AvgIpc) is 2.45. The highest BCUT2D eigenvalue weighted by molar-refractivity contribution is 7.89. The van der Waals surface area contributed by atoms with Gasteiger partial charge in [-0.2, -0.15) is 4.31 Å². The van der Waals surface area contributed by atoms with E-state index in [1.165, 1.54) is 18.2 Å². The number of nitrogens with zero attached hydrogens (tertiary/aromatic N) is 1. The van der Waals surface area contributed by atoms with Gasteiger partial charge in [-0.1, -0.05) is 19.1 Å². The number of rotatable bonds is 4. The number of hydrogen-bond donors (Lipinski definition) is 2. The van der Waals surface area contributed by atoms with Gasteiger partial charge in [0.15, 0.2) is 0 Å². The van der Waals surface area contributed by atoms with Crippen LogP contribution in [0.25, 0.3) is 0 Å². The lowest BCUT2D eigenvalue weighted by Gasteiger charge is -2.25. The lowest BCUT2D eigenvalue weighted by atomic mass is 10.1. The van der Waals surface area contributed by atoms with Gasteiger partial charge in [0.25, 0.3) is 0 Å². The molecule has 2 N–H and O–H groups in total. The maximum atomic E-state index is 12.5. The molecule has 0 saturated carbocycles. The molecule has 1 aliphatic rings. The zero-order valence-electron chi connectivity index (χ0n) is 11.4. The maximum Gasteiger partial charge on any atom is 0.244 e. The summed E-state index contributed by atoms with van der Waals surface area (Å²) < 4.78 is 25.7. The first-order valence-corrected chi connectivity index (χ1v) is 7.89. The van der Waals surface area contributed by atoms with Crippen molar-refractivity contribution in [1.29, 1.82) is 0 Å². The maximum absolute atomic E-state index is 12.5. The Kier molecular flexibility index (Phi) is 4.40. The highest BCUT2D eigenvalue weighted by Gasteiger charge is 2.33. The summed E-state index contributed by atoms with van der Waals surface area (Å²) in [7, 11) is -3.95. The van der Waals surface area contributed by atoms with Crippen LogP contribution in [0.4, 0.5) is 0 Å². The van der Waals surface area contributed by atoms with Crippen molar-refractivity contribution in [3.05, 3.63) is 29.8 Å². The fourth-order valence-electron chi connectivity index (χ4n) is 2.05. The molecule has 1 unspecified atom stereocenters. The predicted octanol–water partition coefficient (Wildman–Crippen LogP) is -0.223. The summed E-state index contributed by atoms with van der Waals surface area (Å²) in [5.41, 5.74) is 0.478. The second kappa shape index (κ2) is 5.92. The number of hydrogen-bond acceptors (Lipinski definition) is 5. The van der Waals surface area contributed by atoms with E-state index in [9.17, 15) is 23.1 Å². The number of piperazine rings is 1. The standard InChI is InChI=1S/C13H16N2O5S/c1-2-11(16)9-4-3-5-10(6-9)21(19,20)15-7-12(17)14-13(18)8-15/h3-6,11,16H,2,7-8H2,1H3,(H,14,17,18). The molecule has 1 fully saturated rings. The van der Waals surface area contributed by atoms with E-state index >= 15 is 0 Å². The number of benzene rings is 1. The Balaban J connectivity index is 2.35. The molecule has 1 heterocycles.